The number of carbonyl (C=O) groups is 1. The van der Waals surface area contributed by atoms with Crippen molar-refractivity contribution in [3.8, 4) is 6.07 Å². The number of aliphatic carboxylic acids is 1. The minimum absolute atomic E-state index is 0.623. The standard InChI is InChI=1S/C19H29N3.C2HF3O2/c1-2-3-4-5-11-22-12-9-19(10-13-22)21-16-18-8-6-7-17(14-18)15-20;3-2(4,5)1(6)7/h6-8,14,19,21H,2-5,9-13,16H2,1H3;(H,6,7). The molecule has 0 aromatic heterocycles. The smallest absolute Gasteiger partial charge is 0.475 e. The van der Waals surface area contributed by atoms with Crippen LogP contribution in [-0.2, 0) is 11.3 Å². The number of rotatable bonds is 8. The molecule has 0 radical (unpaired) electrons. The zero-order valence-corrected chi connectivity index (χ0v) is 16.8. The van der Waals surface area contributed by atoms with E-state index in [1.165, 1.54) is 63.7 Å². The zero-order chi connectivity index (χ0) is 21.7. The molecule has 1 heterocycles. The minimum atomic E-state index is -5.08. The van der Waals surface area contributed by atoms with Gasteiger partial charge in [-0.3, -0.25) is 0 Å². The summed E-state index contributed by atoms with van der Waals surface area (Å²) >= 11 is 0. The summed E-state index contributed by atoms with van der Waals surface area (Å²) in [5.41, 5.74) is 1.96. The number of hydrogen-bond acceptors (Lipinski definition) is 4. The monoisotopic (exact) mass is 413 g/mol. The van der Waals surface area contributed by atoms with Crippen molar-refractivity contribution in [2.24, 2.45) is 0 Å². The van der Waals surface area contributed by atoms with E-state index in [1.54, 1.807) is 0 Å². The van der Waals surface area contributed by atoms with E-state index < -0.39 is 12.1 Å². The molecule has 8 heteroatoms. The molecule has 0 atom stereocenters. The fourth-order valence-electron chi connectivity index (χ4n) is 3.14. The molecule has 1 aliphatic heterocycles. The van der Waals surface area contributed by atoms with E-state index in [0.29, 0.717) is 6.04 Å². The van der Waals surface area contributed by atoms with E-state index in [-0.39, 0.29) is 0 Å². The van der Waals surface area contributed by atoms with E-state index >= 15 is 0 Å². The Morgan fingerprint density at radius 1 is 1.28 bits per heavy atom. The van der Waals surface area contributed by atoms with Gasteiger partial charge in [-0.1, -0.05) is 38.3 Å². The highest BCUT2D eigenvalue weighted by Crippen LogP contribution is 2.14. The molecule has 0 aliphatic carbocycles. The fourth-order valence-corrected chi connectivity index (χ4v) is 3.14. The van der Waals surface area contributed by atoms with Crippen molar-refractivity contribution in [1.82, 2.24) is 10.2 Å². The third-order valence-electron chi connectivity index (χ3n) is 4.81. The van der Waals surface area contributed by atoms with Gasteiger partial charge in [0.2, 0.25) is 0 Å². The SMILES string of the molecule is CCCCCCN1CCC(NCc2cccc(C#N)c2)CC1.O=C(O)C(F)(F)F. The average Bonchev–Trinajstić information content (AvgIpc) is 2.70. The van der Waals surface area contributed by atoms with Crippen LogP contribution in [0, 0.1) is 11.3 Å². The number of benzene rings is 1. The van der Waals surface area contributed by atoms with Gasteiger partial charge in [-0.2, -0.15) is 18.4 Å². The highest BCUT2D eigenvalue weighted by atomic mass is 19.4. The largest absolute Gasteiger partial charge is 0.490 e. The van der Waals surface area contributed by atoms with Crippen LogP contribution in [0.3, 0.4) is 0 Å². The topological polar surface area (TPSA) is 76.4 Å². The lowest BCUT2D eigenvalue weighted by atomic mass is 10.0. The van der Waals surface area contributed by atoms with Gasteiger partial charge < -0.3 is 15.3 Å². The molecule has 0 unspecified atom stereocenters. The predicted molar refractivity (Wildman–Crippen MR) is 105 cm³/mol. The number of nitriles is 1. The molecule has 29 heavy (non-hydrogen) atoms. The van der Waals surface area contributed by atoms with Crippen molar-refractivity contribution >= 4 is 5.97 Å². The predicted octanol–water partition coefficient (Wildman–Crippen LogP) is 4.33. The number of carboxylic acid groups (broad SMARTS) is 1. The second-order valence-corrected chi connectivity index (χ2v) is 7.17. The van der Waals surface area contributed by atoms with Crippen LogP contribution >= 0.6 is 0 Å². The Morgan fingerprint density at radius 2 is 1.93 bits per heavy atom. The summed E-state index contributed by atoms with van der Waals surface area (Å²) in [5, 5.41) is 19.7. The van der Waals surface area contributed by atoms with Crippen LogP contribution in [0.4, 0.5) is 13.2 Å². The van der Waals surface area contributed by atoms with Crippen LogP contribution in [0.25, 0.3) is 0 Å². The van der Waals surface area contributed by atoms with E-state index in [1.807, 2.05) is 18.2 Å². The molecule has 1 aromatic rings. The summed E-state index contributed by atoms with van der Waals surface area (Å²) in [4.78, 5) is 11.5. The molecule has 162 valence electrons. The Morgan fingerprint density at radius 3 is 2.48 bits per heavy atom. The number of nitrogens with zero attached hydrogens (tertiary/aromatic N) is 2. The molecule has 0 spiro atoms. The van der Waals surface area contributed by atoms with Crippen molar-refractivity contribution in [3.63, 3.8) is 0 Å². The normalized spacial score (nSPS) is 15.3. The Balaban J connectivity index is 0.000000516. The molecular weight excluding hydrogens is 383 g/mol. The highest BCUT2D eigenvalue weighted by molar-refractivity contribution is 5.73. The number of halogens is 3. The third-order valence-corrected chi connectivity index (χ3v) is 4.81. The van der Waals surface area contributed by atoms with Crippen molar-refractivity contribution in [3.05, 3.63) is 35.4 Å². The van der Waals surface area contributed by atoms with Crippen LogP contribution in [0.2, 0.25) is 0 Å². The van der Waals surface area contributed by atoms with Crippen molar-refractivity contribution in [2.45, 2.75) is 64.2 Å². The Hall–Kier alpha value is -2.11. The molecule has 1 aliphatic rings. The van der Waals surface area contributed by atoms with Gasteiger partial charge in [0.05, 0.1) is 11.6 Å². The fraction of sp³-hybridized carbons (Fsp3) is 0.619. The van der Waals surface area contributed by atoms with Gasteiger partial charge in [0.1, 0.15) is 0 Å². The number of hydrogen-bond donors (Lipinski definition) is 2. The molecule has 2 N–H and O–H groups in total. The number of piperidine rings is 1. The second kappa shape index (κ2) is 13.2. The summed E-state index contributed by atoms with van der Waals surface area (Å²) < 4.78 is 31.7. The highest BCUT2D eigenvalue weighted by Gasteiger charge is 2.38. The first-order valence-electron chi connectivity index (χ1n) is 10.0. The van der Waals surface area contributed by atoms with Crippen LogP contribution in [0.5, 0.6) is 0 Å². The summed E-state index contributed by atoms with van der Waals surface area (Å²) in [7, 11) is 0. The summed E-state index contributed by atoms with van der Waals surface area (Å²) in [5.74, 6) is -2.76. The maximum Gasteiger partial charge on any atom is 0.490 e. The maximum atomic E-state index is 10.6. The molecule has 1 saturated heterocycles. The van der Waals surface area contributed by atoms with Crippen LogP contribution in [0.1, 0.15) is 56.6 Å². The van der Waals surface area contributed by atoms with Gasteiger partial charge in [-0.05, 0) is 56.6 Å². The van der Waals surface area contributed by atoms with Crippen molar-refractivity contribution in [2.75, 3.05) is 19.6 Å². The molecule has 0 amide bonds. The first kappa shape index (κ1) is 24.9. The molecule has 2 rings (SSSR count). The first-order chi connectivity index (χ1) is 13.8. The molecule has 0 saturated carbocycles. The van der Waals surface area contributed by atoms with E-state index in [9.17, 15) is 13.2 Å². The first-order valence-corrected chi connectivity index (χ1v) is 10.0. The van der Waals surface area contributed by atoms with Gasteiger partial charge in [0.15, 0.2) is 0 Å². The number of nitrogens with one attached hydrogen (secondary N) is 1. The summed E-state index contributed by atoms with van der Waals surface area (Å²) in [6.45, 7) is 6.86. The second-order valence-electron chi connectivity index (χ2n) is 7.17. The zero-order valence-electron chi connectivity index (χ0n) is 16.8. The van der Waals surface area contributed by atoms with Crippen LogP contribution in [0.15, 0.2) is 24.3 Å². The van der Waals surface area contributed by atoms with Gasteiger partial charge >= 0.3 is 12.1 Å². The number of likely N-dealkylation sites (tertiary alicyclic amines) is 1. The third kappa shape index (κ3) is 10.9. The number of carboxylic acids is 1. The van der Waals surface area contributed by atoms with Gasteiger partial charge in [0, 0.05) is 12.6 Å². The summed E-state index contributed by atoms with van der Waals surface area (Å²) in [6.07, 6.45) is 2.83. The lowest BCUT2D eigenvalue weighted by Crippen LogP contribution is -2.42. The Kier molecular flexibility index (Phi) is 11.3. The van der Waals surface area contributed by atoms with Gasteiger partial charge in [0.25, 0.3) is 0 Å². The lowest BCUT2D eigenvalue weighted by molar-refractivity contribution is -0.192. The van der Waals surface area contributed by atoms with Crippen LogP contribution < -0.4 is 5.32 Å². The van der Waals surface area contributed by atoms with E-state index in [0.717, 1.165) is 12.1 Å². The lowest BCUT2D eigenvalue weighted by Gasteiger charge is -2.32. The average molecular weight is 413 g/mol. The summed E-state index contributed by atoms with van der Waals surface area (Å²) in [6, 6.07) is 10.7. The Bertz CT molecular complexity index is 651. The van der Waals surface area contributed by atoms with Gasteiger partial charge in [-0.25, -0.2) is 4.79 Å². The minimum Gasteiger partial charge on any atom is -0.475 e. The molecule has 1 aromatic carbocycles. The number of alkyl halides is 3. The number of unbranched alkanes of at least 4 members (excludes halogenated alkanes) is 3. The van der Waals surface area contributed by atoms with Gasteiger partial charge in [-0.15, -0.1) is 0 Å². The Labute approximate surface area is 170 Å². The molecular formula is C21H30F3N3O2. The molecule has 0 bridgehead atoms. The van der Waals surface area contributed by atoms with E-state index in [2.05, 4.69) is 29.3 Å². The van der Waals surface area contributed by atoms with Crippen molar-refractivity contribution in [1.29, 1.82) is 5.26 Å². The quantitative estimate of drug-likeness (QED) is 0.621. The van der Waals surface area contributed by atoms with Crippen LogP contribution in [-0.4, -0.2) is 47.8 Å². The molecule has 5 nitrogen and oxygen atoms in total. The van der Waals surface area contributed by atoms with E-state index in [4.69, 9.17) is 15.2 Å². The van der Waals surface area contributed by atoms with Crippen molar-refractivity contribution < 1.29 is 23.1 Å². The maximum absolute atomic E-state index is 10.6. The molecule has 1 fully saturated rings.